The van der Waals surface area contributed by atoms with Crippen molar-refractivity contribution >= 4 is 5.91 Å². The Kier molecular flexibility index (Phi) is 6.57. The molecule has 0 heterocycles. The Hall–Kier alpha value is -1.35. The van der Waals surface area contributed by atoms with Gasteiger partial charge in [-0.2, -0.15) is 0 Å². The van der Waals surface area contributed by atoms with Crippen molar-refractivity contribution in [3.8, 4) is 0 Å². The van der Waals surface area contributed by atoms with Gasteiger partial charge in [-0.25, -0.2) is 0 Å². The topological polar surface area (TPSA) is 41.1 Å². The van der Waals surface area contributed by atoms with Gasteiger partial charge in [-0.1, -0.05) is 45.0 Å². The molecule has 1 unspecified atom stereocenters. The Morgan fingerprint density at radius 3 is 2.32 bits per heavy atom. The van der Waals surface area contributed by atoms with Crippen molar-refractivity contribution in [3.05, 3.63) is 35.4 Å². The second-order valence-corrected chi connectivity index (χ2v) is 5.34. The number of rotatable bonds is 7. The fourth-order valence-electron chi connectivity index (χ4n) is 1.99. The molecule has 1 atom stereocenters. The summed E-state index contributed by atoms with van der Waals surface area (Å²) in [5.41, 5.74) is 2.48. The lowest BCUT2D eigenvalue weighted by atomic mass is 10.0. The van der Waals surface area contributed by atoms with E-state index >= 15 is 0 Å². The van der Waals surface area contributed by atoms with Crippen LogP contribution in [0.25, 0.3) is 0 Å². The molecule has 0 aliphatic carbocycles. The molecule has 3 nitrogen and oxygen atoms in total. The zero-order valence-corrected chi connectivity index (χ0v) is 12.5. The van der Waals surface area contributed by atoms with Gasteiger partial charge in [0.25, 0.3) is 0 Å². The average molecular weight is 262 g/mol. The van der Waals surface area contributed by atoms with Gasteiger partial charge in [0.2, 0.25) is 5.91 Å². The lowest BCUT2D eigenvalue weighted by Crippen LogP contribution is -2.33. The third kappa shape index (κ3) is 5.88. The fraction of sp³-hybridized carbons (Fsp3) is 0.562. The molecule has 2 N–H and O–H groups in total. The SMILES string of the molecule is CCNC(C)CC(=O)NCc1ccc(C(C)C)cc1. The molecule has 106 valence electrons. The van der Waals surface area contributed by atoms with Crippen LogP contribution < -0.4 is 10.6 Å². The molecule has 1 rings (SSSR count). The molecular formula is C16H26N2O. The van der Waals surface area contributed by atoms with Gasteiger partial charge < -0.3 is 10.6 Å². The first-order chi connectivity index (χ1) is 9.02. The Labute approximate surface area is 116 Å². The van der Waals surface area contributed by atoms with Crippen LogP contribution in [0.1, 0.15) is 51.2 Å². The first-order valence-electron chi connectivity index (χ1n) is 7.11. The van der Waals surface area contributed by atoms with Gasteiger partial charge in [0.05, 0.1) is 0 Å². The molecule has 0 spiro atoms. The van der Waals surface area contributed by atoms with Crippen LogP contribution >= 0.6 is 0 Å². The van der Waals surface area contributed by atoms with Crippen molar-refractivity contribution < 1.29 is 4.79 Å². The quantitative estimate of drug-likeness (QED) is 0.793. The van der Waals surface area contributed by atoms with E-state index in [1.807, 2.05) is 13.8 Å². The number of carbonyl (C=O) groups is 1. The third-order valence-corrected chi connectivity index (χ3v) is 3.18. The minimum Gasteiger partial charge on any atom is -0.352 e. The summed E-state index contributed by atoms with van der Waals surface area (Å²) in [5.74, 6) is 0.644. The van der Waals surface area contributed by atoms with Gasteiger partial charge in [-0.3, -0.25) is 4.79 Å². The summed E-state index contributed by atoms with van der Waals surface area (Å²) in [7, 11) is 0. The summed E-state index contributed by atoms with van der Waals surface area (Å²) in [4.78, 5) is 11.7. The van der Waals surface area contributed by atoms with Crippen LogP contribution in [0, 0.1) is 0 Å². The predicted molar refractivity (Wildman–Crippen MR) is 80.1 cm³/mol. The summed E-state index contributed by atoms with van der Waals surface area (Å²) < 4.78 is 0. The molecule has 1 amide bonds. The second-order valence-electron chi connectivity index (χ2n) is 5.34. The monoisotopic (exact) mass is 262 g/mol. The number of amides is 1. The molecule has 0 aliphatic rings. The van der Waals surface area contributed by atoms with E-state index in [-0.39, 0.29) is 11.9 Å². The van der Waals surface area contributed by atoms with Crippen molar-refractivity contribution in [3.63, 3.8) is 0 Å². The molecule has 1 aromatic rings. The molecule has 3 heteroatoms. The lowest BCUT2D eigenvalue weighted by Gasteiger charge is -2.12. The highest BCUT2D eigenvalue weighted by Crippen LogP contribution is 2.14. The maximum atomic E-state index is 11.7. The van der Waals surface area contributed by atoms with Gasteiger partial charge in [-0.15, -0.1) is 0 Å². The number of benzene rings is 1. The Balaban J connectivity index is 2.37. The Bertz CT molecular complexity index is 384. The zero-order chi connectivity index (χ0) is 14.3. The van der Waals surface area contributed by atoms with Crippen LogP contribution in [0.2, 0.25) is 0 Å². The molecule has 0 bridgehead atoms. The highest BCUT2D eigenvalue weighted by Gasteiger charge is 2.07. The summed E-state index contributed by atoms with van der Waals surface area (Å²) in [6, 6.07) is 8.67. The molecule has 0 radical (unpaired) electrons. The van der Waals surface area contributed by atoms with Gasteiger partial charge in [-0.05, 0) is 30.5 Å². The third-order valence-electron chi connectivity index (χ3n) is 3.18. The molecular weight excluding hydrogens is 236 g/mol. The first-order valence-corrected chi connectivity index (χ1v) is 7.11. The highest BCUT2D eigenvalue weighted by atomic mass is 16.1. The molecule has 0 fully saturated rings. The second kappa shape index (κ2) is 7.95. The highest BCUT2D eigenvalue weighted by molar-refractivity contribution is 5.76. The van der Waals surface area contributed by atoms with Crippen LogP contribution in [0.5, 0.6) is 0 Å². The molecule has 0 saturated heterocycles. The zero-order valence-electron chi connectivity index (χ0n) is 12.5. The van der Waals surface area contributed by atoms with E-state index < -0.39 is 0 Å². The van der Waals surface area contributed by atoms with Gasteiger partial charge in [0, 0.05) is 19.0 Å². The van der Waals surface area contributed by atoms with Crippen molar-refractivity contribution in [2.75, 3.05) is 6.54 Å². The molecule has 1 aromatic carbocycles. The number of carbonyl (C=O) groups excluding carboxylic acids is 1. The smallest absolute Gasteiger partial charge is 0.221 e. The van der Waals surface area contributed by atoms with Crippen LogP contribution in [0.3, 0.4) is 0 Å². The van der Waals surface area contributed by atoms with Crippen molar-refractivity contribution in [1.29, 1.82) is 0 Å². The minimum absolute atomic E-state index is 0.0985. The van der Waals surface area contributed by atoms with E-state index in [4.69, 9.17) is 0 Å². The van der Waals surface area contributed by atoms with Gasteiger partial charge >= 0.3 is 0 Å². The van der Waals surface area contributed by atoms with Crippen LogP contribution in [0.4, 0.5) is 0 Å². The summed E-state index contributed by atoms with van der Waals surface area (Å²) in [6.45, 7) is 9.93. The lowest BCUT2D eigenvalue weighted by molar-refractivity contribution is -0.121. The normalized spacial score (nSPS) is 12.5. The molecule has 19 heavy (non-hydrogen) atoms. The molecule has 0 aliphatic heterocycles. The van der Waals surface area contributed by atoms with E-state index in [2.05, 4.69) is 48.7 Å². The van der Waals surface area contributed by atoms with Crippen LogP contribution in [0.15, 0.2) is 24.3 Å². The molecule has 0 saturated carbocycles. The standard InChI is InChI=1S/C16H26N2O/c1-5-17-13(4)10-16(19)18-11-14-6-8-15(9-7-14)12(2)3/h6-9,12-13,17H,5,10-11H2,1-4H3,(H,18,19). The number of nitrogens with one attached hydrogen (secondary N) is 2. The predicted octanol–water partition coefficient (Wildman–Crippen LogP) is 2.81. The number of hydrogen-bond donors (Lipinski definition) is 2. The van der Waals surface area contributed by atoms with Crippen LogP contribution in [-0.4, -0.2) is 18.5 Å². The minimum atomic E-state index is 0.0985. The van der Waals surface area contributed by atoms with E-state index in [1.54, 1.807) is 0 Å². The summed E-state index contributed by atoms with van der Waals surface area (Å²) in [6.07, 6.45) is 0.526. The van der Waals surface area contributed by atoms with Crippen molar-refractivity contribution in [2.24, 2.45) is 0 Å². The summed E-state index contributed by atoms with van der Waals surface area (Å²) >= 11 is 0. The largest absolute Gasteiger partial charge is 0.352 e. The maximum Gasteiger partial charge on any atom is 0.221 e. The van der Waals surface area contributed by atoms with Gasteiger partial charge in [0.15, 0.2) is 0 Å². The maximum absolute atomic E-state index is 11.7. The van der Waals surface area contributed by atoms with E-state index in [0.717, 1.165) is 12.1 Å². The van der Waals surface area contributed by atoms with Crippen LogP contribution in [-0.2, 0) is 11.3 Å². The van der Waals surface area contributed by atoms with Gasteiger partial charge in [0.1, 0.15) is 0 Å². The fourth-order valence-corrected chi connectivity index (χ4v) is 1.99. The van der Waals surface area contributed by atoms with E-state index in [0.29, 0.717) is 18.9 Å². The van der Waals surface area contributed by atoms with Crippen molar-refractivity contribution in [1.82, 2.24) is 10.6 Å². The first kappa shape index (κ1) is 15.7. The van der Waals surface area contributed by atoms with E-state index in [1.165, 1.54) is 5.56 Å². The Morgan fingerprint density at radius 1 is 1.16 bits per heavy atom. The number of hydrogen-bond acceptors (Lipinski definition) is 2. The van der Waals surface area contributed by atoms with Crippen molar-refractivity contribution in [2.45, 2.75) is 52.6 Å². The van der Waals surface area contributed by atoms with E-state index in [9.17, 15) is 4.79 Å². The average Bonchev–Trinajstić information content (AvgIpc) is 2.37. The summed E-state index contributed by atoms with van der Waals surface area (Å²) in [5, 5.41) is 6.19. The Morgan fingerprint density at radius 2 is 1.79 bits per heavy atom. The molecule has 0 aromatic heterocycles.